The molecule has 0 saturated carbocycles. The number of rotatable bonds is 3. The van der Waals surface area contributed by atoms with Gasteiger partial charge < -0.3 is 14.9 Å². The van der Waals surface area contributed by atoms with Crippen LogP contribution < -0.4 is 0 Å². The van der Waals surface area contributed by atoms with Crippen LogP contribution in [0.15, 0.2) is 22.0 Å². The number of sulfonamides is 1. The van der Waals surface area contributed by atoms with E-state index in [0.29, 0.717) is 4.31 Å². The van der Waals surface area contributed by atoms with Crippen LogP contribution in [0.1, 0.15) is 4.88 Å². The van der Waals surface area contributed by atoms with Crippen LogP contribution in [0.25, 0.3) is 5.76 Å². The number of aliphatic carboxylic acids is 1. The molecule has 1 aromatic heterocycles. The molecule has 0 atom stereocenters. The van der Waals surface area contributed by atoms with Gasteiger partial charge in [-0.25, -0.2) is 17.5 Å². The number of carboxylic acids is 1. The number of carboxylic acid groups (broad SMARTS) is 1. The summed E-state index contributed by atoms with van der Waals surface area (Å²) in [4.78, 5) is 22.2. The summed E-state index contributed by atoms with van der Waals surface area (Å²) in [6.45, 7) is -0.994. The Labute approximate surface area is 117 Å². The normalized spacial score (nSPS) is 16.8. The van der Waals surface area contributed by atoms with Crippen LogP contribution in [-0.2, 0) is 24.3 Å². The lowest BCUT2D eigenvalue weighted by Crippen LogP contribution is -2.41. The van der Waals surface area contributed by atoms with Crippen molar-refractivity contribution in [3.05, 3.63) is 22.0 Å². The van der Waals surface area contributed by atoms with E-state index in [4.69, 9.17) is 5.11 Å². The molecule has 0 saturated heterocycles. The van der Waals surface area contributed by atoms with E-state index in [1.54, 1.807) is 0 Å². The van der Waals surface area contributed by atoms with Gasteiger partial charge in [0.05, 0.1) is 12.0 Å². The summed E-state index contributed by atoms with van der Waals surface area (Å²) in [5.41, 5.74) is -0.704. The Morgan fingerprint density at radius 3 is 2.65 bits per heavy atom. The molecule has 1 aliphatic heterocycles. The minimum absolute atomic E-state index is 0.0213. The number of hydrogen-bond acceptors (Lipinski definition) is 7. The van der Waals surface area contributed by atoms with Gasteiger partial charge in [0.15, 0.2) is 11.5 Å². The van der Waals surface area contributed by atoms with Gasteiger partial charge in [0.25, 0.3) is 10.0 Å². The zero-order valence-corrected chi connectivity index (χ0v) is 11.7. The first-order valence-corrected chi connectivity index (χ1v) is 7.46. The highest BCUT2D eigenvalue weighted by molar-refractivity contribution is 7.89. The average molecular weight is 319 g/mol. The number of methoxy groups -OCH3 is 1. The largest absolute Gasteiger partial charge is 0.504 e. The molecule has 0 aromatic carbocycles. The number of aliphatic hydroxyl groups is 1. The highest BCUT2D eigenvalue weighted by Gasteiger charge is 2.42. The number of aliphatic hydroxyl groups excluding tert-OH is 1. The summed E-state index contributed by atoms with van der Waals surface area (Å²) in [5, 5.41) is 20.2. The van der Waals surface area contributed by atoms with E-state index in [-0.39, 0.29) is 9.77 Å². The number of fused-ring (bicyclic) bond motifs is 1. The highest BCUT2D eigenvalue weighted by Crippen LogP contribution is 2.38. The Hall–Kier alpha value is -2.07. The summed E-state index contributed by atoms with van der Waals surface area (Å²) in [6, 6.07) is 1.23. The van der Waals surface area contributed by atoms with Crippen molar-refractivity contribution in [2.24, 2.45) is 0 Å². The van der Waals surface area contributed by atoms with E-state index < -0.39 is 40.0 Å². The van der Waals surface area contributed by atoms with Gasteiger partial charge in [0.2, 0.25) is 0 Å². The van der Waals surface area contributed by atoms with E-state index in [2.05, 4.69) is 4.74 Å². The van der Waals surface area contributed by atoms with Crippen LogP contribution in [0.4, 0.5) is 0 Å². The van der Waals surface area contributed by atoms with Crippen LogP contribution in [0.5, 0.6) is 0 Å². The summed E-state index contributed by atoms with van der Waals surface area (Å²) >= 11 is 0.919. The Morgan fingerprint density at radius 1 is 1.45 bits per heavy atom. The van der Waals surface area contributed by atoms with Crippen LogP contribution in [-0.4, -0.2) is 48.5 Å². The number of ether oxygens (including phenoxy) is 1. The second-order valence-corrected chi connectivity index (χ2v) is 6.46. The Bertz CT molecular complexity index is 716. The predicted molar refractivity (Wildman–Crippen MR) is 67.4 cm³/mol. The second kappa shape index (κ2) is 4.80. The maximum absolute atomic E-state index is 12.3. The zero-order valence-electron chi connectivity index (χ0n) is 10.1. The number of carbonyl (C=O) groups excluding carboxylic acids is 1. The molecule has 10 heteroatoms. The molecular weight excluding hydrogens is 310 g/mol. The highest BCUT2D eigenvalue weighted by atomic mass is 32.2. The molecule has 0 fully saturated rings. The number of thiophene rings is 1. The predicted octanol–water partition coefficient (Wildman–Crippen LogP) is 0.237. The quantitative estimate of drug-likeness (QED) is 0.765. The van der Waals surface area contributed by atoms with E-state index in [9.17, 15) is 23.1 Å². The first kappa shape index (κ1) is 14.3. The summed E-state index contributed by atoms with van der Waals surface area (Å²) in [5.74, 6) is -3.22. The number of carbonyl (C=O) groups is 2. The van der Waals surface area contributed by atoms with Crippen molar-refractivity contribution in [3.8, 4) is 0 Å². The van der Waals surface area contributed by atoms with Crippen molar-refractivity contribution in [3.63, 3.8) is 0 Å². The third-order valence-electron chi connectivity index (χ3n) is 2.54. The van der Waals surface area contributed by atoms with E-state index in [1.807, 2.05) is 0 Å². The average Bonchev–Trinajstić information content (AvgIpc) is 2.85. The lowest BCUT2D eigenvalue weighted by Gasteiger charge is -2.27. The lowest BCUT2D eigenvalue weighted by molar-refractivity contribution is -0.139. The topological polar surface area (TPSA) is 121 Å². The monoisotopic (exact) mass is 319 g/mol. The molecule has 0 radical (unpaired) electrons. The molecule has 1 aliphatic rings. The van der Waals surface area contributed by atoms with Crippen molar-refractivity contribution in [1.29, 1.82) is 0 Å². The standard InChI is InChI=1S/C10H9NO7S2/c1-18-10(15)7-8(14)9-5(2-3-19-9)20(16,17)11(7)4-6(12)13/h2-3,14H,4H2,1H3,(H,12,13). The molecule has 20 heavy (non-hydrogen) atoms. The SMILES string of the molecule is COC(=O)C1=C(O)c2sccc2S(=O)(=O)N1CC(=O)O. The van der Waals surface area contributed by atoms with Crippen molar-refractivity contribution < 1.29 is 33.0 Å². The molecule has 1 aromatic rings. The van der Waals surface area contributed by atoms with Crippen molar-refractivity contribution in [1.82, 2.24) is 4.31 Å². The van der Waals surface area contributed by atoms with Gasteiger partial charge in [-0.2, -0.15) is 0 Å². The molecular formula is C10H9NO7S2. The Kier molecular flexibility index (Phi) is 3.44. The third-order valence-corrected chi connectivity index (χ3v) is 5.38. The van der Waals surface area contributed by atoms with Gasteiger partial charge in [-0.15, -0.1) is 11.3 Å². The van der Waals surface area contributed by atoms with Gasteiger partial charge in [-0.1, -0.05) is 0 Å². The van der Waals surface area contributed by atoms with Gasteiger partial charge in [0.1, 0.15) is 11.4 Å². The smallest absolute Gasteiger partial charge is 0.359 e. The van der Waals surface area contributed by atoms with Crippen molar-refractivity contribution in [2.45, 2.75) is 4.90 Å². The maximum atomic E-state index is 12.3. The Morgan fingerprint density at radius 2 is 2.10 bits per heavy atom. The minimum atomic E-state index is -4.23. The fourth-order valence-electron chi connectivity index (χ4n) is 1.72. The third kappa shape index (κ3) is 2.02. The summed E-state index contributed by atoms with van der Waals surface area (Å²) in [7, 11) is -3.23. The molecule has 0 unspecified atom stereocenters. The minimum Gasteiger partial charge on any atom is -0.504 e. The second-order valence-electron chi connectivity index (χ2n) is 3.71. The first-order valence-electron chi connectivity index (χ1n) is 5.14. The summed E-state index contributed by atoms with van der Waals surface area (Å²) < 4.78 is 29.3. The molecule has 0 aliphatic carbocycles. The number of nitrogens with zero attached hydrogens (tertiary/aromatic N) is 1. The van der Waals surface area contributed by atoms with Crippen LogP contribution in [0.3, 0.4) is 0 Å². The van der Waals surface area contributed by atoms with Gasteiger partial charge >= 0.3 is 11.9 Å². The van der Waals surface area contributed by atoms with E-state index in [1.165, 1.54) is 11.4 Å². The molecule has 2 heterocycles. The Balaban J connectivity index is 2.74. The fraction of sp³-hybridized carbons (Fsp3) is 0.200. The first-order chi connectivity index (χ1) is 9.30. The molecule has 108 valence electrons. The molecule has 0 amide bonds. The van der Waals surface area contributed by atoms with E-state index in [0.717, 1.165) is 18.4 Å². The lowest BCUT2D eigenvalue weighted by atomic mass is 10.3. The van der Waals surface area contributed by atoms with Crippen molar-refractivity contribution in [2.75, 3.05) is 13.7 Å². The number of hydrogen-bond donors (Lipinski definition) is 2. The zero-order chi connectivity index (χ0) is 15.1. The summed E-state index contributed by atoms with van der Waals surface area (Å²) in [6.07, 6.45) is 0. The molecule has 0 bridgehead atoms. The molecule has 0 spiro atoms. The van der Waals surface area contributed by atoms with Gasteiger partial charge in [0, 0.05) is 0 Å². The molecule has 2 N–H and O–H groups in total. The van der Waals surface area contributed by atoms with Crippen LogP contribution in [0, 0.1) is 0 Å². The van der Waals surface area contributed by atoms with Crippen molar-refractivity contribution >= 4 is 39.1 Å². The van der Waals surface area contributed by atoms with Gasteiger partial charge in [-0.3, -0.25) is 4.79 Å². The van der Waals surface area contributed by atoms with E-state index >= 15 is 0 Å². The fourth-order valence-corrected chi connectivity index (χ4v) is 4.49. The van der Waals surface area contributed by atoms with Gasteiger partial charge in [-0.05, 0) is 11.4 Å². The van der Waals surface area contributed by atoms with Crippen LogP contribution >= 0.6 is 11.3 Å². The molecule has 2 rings (SSSR count). The molecule has 8 nitrogen and oxygen atoms in total. The maximum Gasteiger partial charge on any atom is 0.359 e. The number of esters is 1. The van der Waals surface area contributed by atoms with Crippen LogP contribution in [0.2, 0.25) is 0 Å².